The lowest BCUT2D eigenvalue weighted by molar-refractivity contribution is 0.237. The normalized spacial score (nSPS) is 12.1. The molecule has 5 heteroatoms. The topological polar surface area (TPSA) is 30.5 Å². The average Bonchev–Trinajstić information content (AvgIpc) is 2.57. The Balaban J connectivity index is 2.17. The molecular weight excluding hydrogens is 377 g/mol. The van der Waals surface area contributed by atoms with Gasteiger partial charge in [-0.15, -0.1) is 0 Å². The molecule has 0 radical (unpaired) electrons. The third-order valence-electron chi connectivity index (χ3n) is 4.40. The standard InChI is InChI=1S/C23H31ClFNO2/c1-22(2,3)15-23(4,5)26-13-16-8-7-9-20(27-6)21(16)28-14-17-10-11-18(25)12-19(17)24/h7-12,26H,13-15H2,1-6H3. The molecule has 2 aromatic rings. The second kappa shape index (κ2) is 9.15. The highest BCUT2D eigenvalue weighted by atomic mass is 35.5. The lowest BCUT2D eigenvalue weighted by Crippen LogP contribution is -2.41. The number of halogens is 2. The van der Waals surface area contributed by atoms with Crippen LogP contribution < -0.4 is 14.8 Å². The van der Waals surface area contributed by atoms with Gasteiger partial charge in [-0.3, -0.25) is 0 Å². The van der Waals surface area contributed by atoms with Gasteiger partial charge in [0.15, 0.2) is 11.5 Å². The van der Waals surface area contributed by atoms with E-state index in [0.29, 0.717) is 23.1 Å². The molecule has 3 nitrogen and oxygen atoms in total. The van der Waals surface area contributed by atoms with Crippen LogP contribution in [0.4, 0.5) is 4.39 Å². The van der Waals surface area contributed by atoms with Gasteiger partial charge in [-0.2, -0.15) is 0 Å². The van der Waals surface area contributed by atoms with Crippen molar-refractivity contribution in [3.8, 4) is 11.5 Å². The summed E-state index contributed by atoms with van der Waals surface area (Å²) < 4.78 is 24.8. The molecule has 0 unspecified atom stereocenters. The lowest BCUT2D eigenvalue weighted by atomic mass is 9.82. The number of nitrogens with one attached hydrogen (secondary N) is 1. The Hall–Kier alpha value is -1.78. The van der Waals surface area contributed by atoms with Crippen molar-refractivity contribution in [2.75, 3.05) is 7.11 Å². The van der Waals surface area contributed by atoms with Gasteiger partial charge in [0.25, 0.3) is 0 Å². The fraction of sp³-hybridized carbons (Fsp3) is 0.478. The fourth-order valence-electron chi connectivity index (χ4n) is 3.54. The Morgan fingerprint density at radius 3 is 2.36 bits per heavy atom. The zero-order valence-electron chi connectivity index (χ0n) is 17.7. The van der Waals surface area contributed by atoms with Crippen LogP contribution in [-0.2, 0) is 13.2 Å². The second-order valence-corrected chi connectivity index (χ2v) is 9.36. The first kappa shape index (κ1) is 22.5. The quantitative estimate of drug-likeness (QED) is 0.551. The van der Waals surface area contributed by atoms with E-state index in [4.69, 9.17) is 21.1 Å². The van der Waals surface area contributed by atoms with Gasteiger partial charge in [0.2, 0.25) is 0 Å². The molecule has 0 aromatic heterocycles. The highest BCUT2D eigenvalue weighted by Crippen LogP contribution is 2.33. The van der Waals surface area contributed by atoms with Crippen LogP contribution in [0.25, 0.3) is 0 Å². The van der Waals surface area contributed by atoms with E-state index in [1.807, 2.05) is 18.2 Å². The SMILES string of the molecule is COc1cccc(CNC(C)(C)CC(C)(C)C)c1OCc1ccc(F)cc1Cl. The van der Waals surface area contributed by atoms with Crippen molar-refractivity contribution in [2.45, 2.75) is 59.7 Å². The highest BCUT2D eigenvalue weighted by Gasteiger charge is 2.25. The number of methoxy groups -OCH3 is 1. The Bertz CT molecular complexity index is 800. The van der Waals surface area contributed by atoms with E-state index >= 15 is 0 Å². The first-order valence-corrected chi connectivity index (χ1v) is 9.86. The molecule has 0 atom stereocenters. The number of hydrogen-bond donors (Lipinski definition) is 1. The number of rotatable bonds is 8. The van der Waals surface area contributed by atoms with Crippen LogP contribution in [-0.4, -0.2) is 12.6 Å². The minimum Gasteiger partial charge on any atom is -0.493 e. The molecule has 0 aliphatic heterocycles. The molecule has 0 fully saturated rings. The van der Waals surface area contributed by atoms with Crippen LogP contribution in [0.5, 0.6) is 11.5 Å². The van der Waals surface area contributed by atoms with Gasteiger partial charge in [-0.25, -0.2) is 4.39 Å². The average molecular weight is 408 g/mol. The van der Waals surface area contributed by atoms with Crippen LogP contribution >= 0.6 is 11.6 Å². The van der Waals surface area contributed by atoms with Gasteiger partial charge < -0.3 is 14.8 Å². The van der Waals surface area contributed by atoms with Crippen LogP contribution in [0, 0.1) is 11.2 Å². The van der Waals surface area contributed by atoms with E-state index in [1.54, 1.807) is 13.2 Å². The summed E-state index contributed by atoms with van der Waals surface area (Å²) in [5.41, 5.74) is 1.92. The maximum atomic E-state index is 13.3. The van der Waals surface area contributed by atoms with Crippen LogP contribution in [0.15, 0.2) is 36.4 Å². The van der Waals surface area contributed by atoms with Crippen molar-refractivity contribution in [3.05, 3.63) is 58.4 Å². The molecule has 0 aliphatic carbocycles. The Morgan fingerprint density at radius 2 is 1.75 bits per heavy atom. The minimum absolute atomic E-state index is 0.0289. The maximum Gasteiger partial charge on any atom is 0.166 e. The predicted octanol–water partition coefficient (Wildman–Crippen LogP) is 6.37. The first-order chi connectivity index (χ1) is 13.0. The molecule has 0 aliphatic rings. The summed E-state index contributed by atoms with van der Waals surface area (Å²) in [5.74, 6) is 0.965. The summed E-state index contributed by atoms with van der Waals surface area (Å²) in [7, 11) is 1.62. The summed E-state index contributed by atoms with van der Waals surface area (Å²) in [6.07, 6.45) is 1.03. The highest BCUT2D eigenvalue weighted by molar-refractivity contribution is 6.31. The second-order valence-electron chi connectivity index (χ2n) is 8.95. The van der Waals surface area contributed by atoms with Gasteiger partial charge in [0.1, 0.15) is 12.4 Å². The summed E-state index contributed by atoms with van der Waals surface area (Å²) in [4.78, 5) is 0. The molecular formula is C23H31ClFNO2. The molecule has 154 valence electrons. The zero-order valence-corrected chi connectivity index (χ0v) is 18.4. The maximum absolute atomic E-state index is 13.3. The van der Waals surface area contributed by atoms with Crippen LogP contribution in [0.3, 0.4) is 0 Å². The first-order valence-electron chi connectivity index (χ1n) is 9.48. The van der Waals surface area contributed by atoms with Crippen molar-refractivity contribution >= 4 is 11.6 Å². The molecule has 1 N–H and O–H groups in total. The van der Waals surface area contributed by atoms with Gasteiger partial charge in [0.05, 0.1) is 12.1 Å². The van der Waals surface area contributed by atoms with E-state index in [1.165, 1.54) is 12.1 Å². The molecule has 0 amide bonds. The number of hydrogen-bond acceptors (Lipinski definition) is 3. The van der Waals surface area contributed by atoms with Gasteiger partial charge in [-0.05, 0) is 43.9 Å². The van der Waals surface area contributed by atoms with Crippen LogP contribution in [0.1, 0.15) is 52.2 Å². The summed E-state index contributed by atoms with van der Waals surface area (Å²) in [6.45, 7) is 12.0. The van der Waals surface area contributed by atoms with Gasteiger partial charge >= 0.3 is 0 Å². The van der Waals surface area contributed by atoms with E-state index in [9.17, 15) is 4.39 Å². The van der Waals surface area contributed by atoms with Crippen LogP contribution in [0.2, 0.25) is 5.02 Å². The zero-order chi connectivity index (χ0) is 20.9. The number of para-hydroxylation sites is 1. The van der Waals surface area contributed by atoms with E-state index in [2.05, 4.69) is 39.9 Å². The largest absolute Gasteiger partial charge is 0.493 e. The van der Waals surface area contributed by atoms with Crippen molar-refractivity contribution < 1.29 is 13.9 Å². The monoisotopic (exact) mass is 407 g/mol. The third kappa shape index (κ3) is 6.68. The van der Waals surface area contributed by atoms with Crippen molar-refractivity contribution in [3.63, 3.8) is 0 Å². The molecule has 2 rings (SSSR count). The Kier molecular flexibility index (Phi) is 7.35. The molecule has 28 heavy (non-hydrogen) atoms. The van der Waals surface area contributed by atoms with Gasteiger partial charge in [0, 0.05) is 23.2 Å². The predicted molar refractivity (Wildman–Crippen MR) is 114 cm³/mol. The van der Waals surface area contributed by atoms with Crippen molar-refractivity contribution in [2.24, 2.45) is 5.41 Å². The number of ether oxygens (including phenoxy) is 2. The number of benzene rings is 2. The molecule has 0 saturated heterocycles. The molecule has 0 heterocycles. The van der Waals surface area contributed by atoms with Crippen molar-refractivity contribution in [1.82, 2.24) is 5.32 Å². The smallest absolute Gasteiger partial charge is 0.166 e. The van der Waals surface area contributed by atoms with Gasteiger partial charge in [-0.1, -0.05) is 50.6 Å². The lowest BCUT2D eigenvalue weighted by Gasteiger charge is -2.33. The third-order valence-corrected chi connectivity index (χ3v) is 4.75. The Labute approximate surface area is 173 Å². The Morgan fingerprint density at radius 1 is 1.04 bits per heavy atom. The minimum atomic E-state index is -0.364. The fourth-order valence-corrected chi connectivity index (χ4v) is 3.76. The molecule has 0 bridgehead atoms. The summed E-state index contributed by atoms with van der Waals surface area (Å²) >= 11 is 6.13. The van der Waals surface area contributed by atoms with Crippen molar-refractivity contribution in [1.29, 1.82) is 0 Å². The molecule has 2 aromatic carbocycles. The molecule has 0 spiro atoms. The van der Waals surface area contributed by atoms with E-state index in [0.717, 1.165) is 17.5 Å². The molecule has 0 saturated carbocycles. The summed E-state index contributed by atoms with van der Waals surface area (Å²) in [5, 5.41) is 3.98. The van der Waals surface area contributed by atoms with E-state index in [-0.39, 0.29) is 23.4 Å². The van der Waals surface area contributed by atoms with E-state index < -0.39 is 0 Å². The summed E-state index contributed by atoms with van der Waals surface area (Å²) in [6, 6.07) is 10.1.